The average molecular weight is 730 g/mol. The molecule has 51 heavy (non-hydrogen) atoms. The minimum absolute atomic E-state index is 0.0892. The van der Waals surface area contributed by atoms with E-state index in [0.717, 1.165) is 42.6 Å². The molecule has 1 atom stereocenters. The van der Waals surface area contributed by atoms with Crippen LogP contribution in [-0.4, -0.2) is 47.0 Å². The first-order chi connectivity index (χ1) is 24.3. The van der Waals surface area contributed by atoms with Crippen LogP contribution < -0.4 is 4.90 Å². The van der Waals surface area contributed by atoms with Gasteiger partial charge in [0.05, 0.1) is 24.4 Å². The van der Waals surface area contributed by atoms with E-state index in [-0.39, 0.29) is 28.5 Å². The Bertz CT molecular complexity index is 2020. The maximum absolute atomic E-state index is 15.0. The molecule has 0 radical (unpaired) electrons. The zero-order valence-electron chi connectivity index (χ0n) is 27.0. The molecule has 0 spiro atoms. The zero-order valence-corrected chi connectivity index (χ0v) is 27.8. The minimum Gasteiger partial charge on any atom is -0.478 e. The standard InChI is InChI=1S/C36H32F5N3O6S/c37-28-29(38)31(40)33(32(41)30(28)39)51(48,49)44-18-17-36(44,50-21-22-7-3-1-4-8-22)35(47)43(27-15-12-24(13-16-27)34(45)46)20-26-14-11-25(19-42-26)23-9-5-2-6-10-23/h1,3-4,7-8,11-16,19,23H,2,5-6,9-10,17-18,20-21H2,(H,45,46)/t36-/m1/s1. The normalized spacial score (nSPS) is 18.3. The maximum atomic E-state index is 15.0. The summed E-state index contributed by atoms with van der Waals surface area (Å²) in [7, 11) is -5.64. The van der Waals surface area contributed by atoms with Gasteiger partial charge in [-0.1, -0.05) is 55.7 Å². The second-order valence-corrected chi connectivity index (χ2v) is 14.2. The number of anilines is 1. The summed E-state index contributed by atoms with van der Waals surface area (Å²) in [6.45, 7) is -1.26. The fraction of sp³-hybridized carbons (Fsp3) is 0.306. The molecule has 1 aromatic heterocycles. The van der Waals surface area contributed by atoms with Crippen molar-refractivity contribution in [1.82, 2.24) is 9.29 Å². The number of aromatic nitrogens is 1. The summed E-state index contributed by atoms with van der Waals surface area (Å²) < 4.78 is 107. The molecule has 9 nitrogen and oxygen atoms in total. The Morgan fingerprint density at radius 1 is 0.863 bits per heavy atom. The third-order valence-corrected chi connectivity index (χ3v) is 11.3. The molecular weight excluding hydrogens is 697 g/mol. The number of carbonyl (C=O) groups excluding carboxylic acids is 1. The molecule has 15 heteroatoms. The van der Waals surface area contributed by atoms with E-state index in [9.17, 15) is 45.1 Å². The molecule has 1 amide bonds. The second kappa shape index (κ2) is 14.5. The number of amides is 1. The summed E-state index contributed by atoms with van der Waals surface area (Å²) in [5, 5.41) is 9.46. The predicted molar refractivity (Wildman–Crippen MR) is 173 cm³/mol. The van der Waals surface area contributed by atoms with Crippen LogP contribution in [0, 0.1) is 29.1 Å². The number of carboxylic acids is 1. The quantitative estimate of drug-likeness (QED) is 0.0998. The van der Waals surface area contributed by atoms with Crippen LogP contribution in [0.2, 0.25) is 0 Å². The Morgan fingerprint density at radius 2 is 1.49 bits per heavy atom. The highest BCUT2D eigenvalue weighted by Gasteiger charge is 2.61. The number of sulfonamides is 1. The number of rotatable bonds is 11. The first-order valence-corrected chi connectivity index (χ1v) is 17.6. The van der Waals surface area contributed by atoms with Crippen molar-refractivity contribution in [2.45, 2.75) is 68.2 Å². The molecule has 1 saturated carbocycles. The van der Waals surface area contributed by atoms with Gasteiger partial charge in [-0.15, -0.1) is 0 Å². The van der Waals surface area contributed by atoms with Crippen molar-refractivity contribution in [3.63, 3.8) is 0 Å². The molecule has 2 aliphatic rings. The van der Waals surface area contributed by atoms with Crippen LogP contribution in [0.3, 0.4) is 0 Å². The molecule has 3 aromatic carbocycles. The van der Waals surface area contributed by atoms with Crippen LogP contribution >= 0.6 is 0 Å². The van der Waals surface area contributed by atoms with Crippen molar-refractivity contribution in [3.8, 4) is 0 Å². The fourth-order valence-electron chi connectivity index (χ4n) is 6.48. The second-order valence-electron chi connectivity index (χ2n) is 12.4. The number of aromatic carboxylic acids is 1. The number of hydrogen-bond acceptors (Lipinski definition) is 6. The van der Waals surface area contributed by atoms with Gasteiger partial charge in [-0.25, -0.2) is 35.2 Å². The number of pyridine rings is 1. The van der Waals surface area contributed by atoms with Gasteiger partial charge < -0.3 is 14.7 Å². The van der Waals surface area contributed by atoms with Gasteiger partial charge in [-0.05, 0) is 60.2 Å². The summed E-state index contributed by atoms with van der Waals surface area (Å²) in [6, 6.07) is 16.9. The Hall–Kier alpha value is -4.73. The van der Waals surface area contributed by atoms with Crippen molar-refractivity contribution in [2.75, 3.05) is 11.4 Å². The molecule has 1 aliphatic carbocycles. The smallest absolute Gasteiger partial charge is 0.335 e. The summed E-state index contributed by atoms with van der Waals surface area (Å²) in [5.41, 5.74) is -0.715. The van der Waals surface area contributed by atoms with E-state index in [1.807, 2.05) is 6.07 Å². The minimum atomic E-state index is -5.64. The van der Waals surface area contributed by atoms with Crippen molar-refractivity contribution >= 4 is 27.6 Å². The number of benzene rings is 3. The molecule has 2 fully saturated rings. The number of hydrogen-bond donors (Lipinski definition) is 1. The van der Waals surface area contributed by atoms with E-state index in [0.29, 0.717) is 17.2 Å². The molecular formula is C36H32F5N3O6S. The molecule has 1 saturated heterocycles. The lowest BCUT2D eigenvalue weighted by atomic mass is 9.85. The number of ether oxygens (including phenoxy) is 1. The predicted octanol–water partition coefficient (Wildman–Crippen LogP) is 7.06. The lowest BCUT2D eigenvalue weighted by Crippen LogP contribution is -2.70. The number of carbonyl (C=O) groups is 2. The molecule has 1 aliphatic heterocycles. The summed E-state index contributed by atoms with van der Waals surface area (Å²) in [4.78, 5) is 29.9. The monoisotopic (exact) mass is 729 g/mol. The van der Waals surface area contributed by atoms with Crippen LogP contribution in [0.15, 0.2) is 77.8 Å². The van der Waals surface area contributed by atoms with Crippen LogP contribution in [0.1, 0.15) is 71.6 Å². The highest BCUT2D eigenvalue weighted by Crippen LogP contribution is 2.43. The number of nitrogens with zero attached hydrogens (tertiary/aromatic N) is 3. The summed E-state index contributed by atoms with van der Waals surface area (Å²) in [6.07, 6.45) is 6.70. The number of halogens is 5. The molecule has 0 unspecified atom stereocenters. The SMILES string of the molecule is O=C(O)c1ccc(N(Cc2ccc(C3CCCCC3)cn2)C(=O)[C@]2(OCc3ccccc3)CCN2S(=O)(=O)c2c(F)c(F)c(F)c(F)c2F)cc1. The van der Waals surface area contributed by atoms with E-state index in [4.69, 9.17) is 4.74 Å². The van der Waals surface area contributed by atoms with Crippen molar-refractivity contribution in [2.24, 2.45) is 0 Å². The fourth-order valence-corrected chi connectivity index (χ4v) is 8.28. The largest absolute Gasteiger partial charge is 0.478 e. The maximum Gasteiger partial charge on any atom is 0.335 e. The Morgan fingerprint density at radius 3 is 2.04 bits per heavy atom. The van der Waals surface area contributed by atoms with Gasteiger partial charge in [0.1, 0.15) is 0 Å². The van der Waals surface area contributed by atoms with Gasteiger partial charge in [0, 0.05) is 24.8 Å². The van der Waals surface area contributed by atoms with E-state index >= 15 is 0 Å². The molecule has 4 aromatic rings. The Labute approximate surface area is 290 Å². The van der Waals surface area contributed by atoms with Gasteiger partial charge in [-0.2, -0.15) is 4.31 Å². The first-order valence-electron chi connectivity index (χ1n) is 16.2. The van der Waals surface area contributed by atoms with Gasteiger partial charge >= 0.3 is 5.97 Å². The van der Waals surface area contributed by atoms with Crippen molar-refractivity contribution in [3.05, 3.63) is 124 Å². The molecule has 6 rings (SSSR count). The van der Waals surface area contributed by atoms with E-state index in [2.05, 4.69) is 4.98 Å². The highest BCUT2D eigenvalue weighted by atomic mass is 32.2. The van der Waals surface area contributed by atoms with Gasteiger partial charge in [0.25, 0.3) is 15.9 Å². The van der Waals surface area contributed by atoms with Gasteiger partial charge in [-0.3, -0.25) is 9.78 Å². The van der Waals surface area contributed by atoms with E-state index < -0.39 is 74.8 Å². The third kappa shape index (κ3) is 6.85. The van der Waals surface area contributed by atoms with E-state index in [1.165, 1.54) is 24.3 Å². The topological polar surface area (TPSA) is 117 Å². The van der Waals surface area contributed by atoms with E-state index in [1.54, 1.807) is 42.6 Å². The van der Waals surface area contributed by atoms with Crippen LogP contribution in [-0.2, 0) is 32.7 Å². The molecule has 268 valence electrons. The van der Waals surface area contributed by atoms with Gasteiger partial charge in [0.15, 0.2) is 28.2 Å². The summed E-state index contributed by atoms with van der Waals surface area (Å²) >= 11 is 0. The lowest BCUT2D eigenvalue weighted by molar-refractivity contribution is -0.194. The third-order valence-electron chi connectivity index (χ3n) is 9.34. The van der Waals surface area contributed by atoms with Crippen molar-refractivity contribution in [1.29, 1.82) is 0 Å². The Kier molecular flexibility index (Phi) is 10.2. The Balaban J connectivity index is 1.43. The lowest BCUT2D eigenvalue weighted by Gasteiger charge is -2.50. The van der Waals surface area contributed by atoms with Crippen LogP contribution in [0.5, 0.6) is 0 Å². The molecule has 1 N–H and O–H groups in total. The zero-order chi connectivity index (χ0) is 36.5. The average Bonchev–Trinajstić information content (AvgIpc) is 3.12. The first kappa shape index (κ1) is 36.1. The van der Waals surface area contributed by atoms with Crippen molar-refractivity contribution < 1.29 is 49.8 Å². The van der Waals surface area contributed by atoms with Crippen LogP contribution in [0.25, 0.3) is 0 Å². The number of carboxylic acid groups (broad SMARTS) is 1. The summed E-state index contributed by atoms with van der Waals surface area (Å²) in [5.74, 6) is -14.7. The highest BCUT2D eigenvalue weighted by molar-refractivity contribution is 7.89. The van der Waals surface area contributed by atoms with Gasteiger partial charge in [0.2, 0.25) is 11.5 Å². The van der Waals surface area contributed by atoms with Crippen LogP contribution in [0.4, 0.5) is 27.6 Å². The molecule has 2 heterocycles. The molecule has 0 bridgehead atoms.